The van der Waals surface area contributed by atoms with Crippen molar-refractivity contribution in [3.05, 3.63) is 52.5 Å². The Morgan fingerprint density at radius 2 is 1.84 bits per heavy atom. The molecule has 3 aromatic rings. The summed E-state index contributed by atoms with van der Waals surface area (Å²) in [5, 5.41) is 13.8. The molecule has 0 aliphatic rings. The van der Waals surface area contributed by atoms with E-state index in [9.17, 15) is 10.1 Å². The van der Waals surface area contributed by atoms with Crippen molar-refractivity contribution in [2.75, 3.05) is 32.9 Å². The van der Waals surface area contributed by atoms with E-state index in [0.29, 0.717) is 44.2 Å². The highest BCUT2D eigenvalue weighted by Crippen LogP contribution is 2.36. The van der Waals surface area contributed by atoms with Gasteiger partial charge in [0, 0.05) is 5.56 Å². The number of hydrogen-bond acceptors (Lipinski definition) is 9. The van der Waals surface area contributed by atoms with E-state index in [-0.39, 0.29) is 11.4 Å². The van der Waals surface area contributed by atoms with Crippen molar-refractivity contribution in [1.82, 2.24) is 9.97 Å². The van der Waals surface area contributed by atoms with Crippen LogP contribution in [-0.2, 0) is 4.74 Å². The van der Waals surface area contributed by atoms with Crippen LogP contribution in [0.3, 0.4) is 0 Å². The van der Waals surface area contributed by atoms with E-state index in [1.165, 1.54) is 32.0 Å². The second-order valence-corrected chi connectivity index (χ2v) is 7.46. The average Bonchev–Trinajstić information content (AvgIpc) is 2.83. The van der Waals surface area contributed by atoms with Gasteiger partial charge in [0.2, 0.25) is 0 Å². The van der Waals surface area contributed by atoms with Crippen molar-refractivity contribution in [2.45, 2.75) is 5.16 Å². The Kier molecular flexibility index (Phi) is 7.41. The van der Waals surface area contributed by atoms with E-state index in [1.807, 2.05) is 6.26 Å². The van der Waals surface area contributed by atoms with Crippen LogP contribution in [0.15, 0.2) is 41.6 Å². The number of anilines is 2. The number of thioether (sulfide) groups is 1. The molecule has 0 fully saturated rings. The molecule has 1 aromatic heterocycles. The second-order valence-electron chi connectivity index (χ2n) is 6.28. The maximum Gasteiger partial charge on any atom is 0.337 e. The summed E-state index contributed by atoms with van der Waals surface area (Å²) >= 11 is 7.64. The van der Waals surface area contributed by atoms with E-state index in [1.54, 1.807) is 37.4 Å². The third-order valence-corrected chi connectivity index (χ3v) is 5.36. The zero-order valence-corrected chi connectivity index (χ0v) is 19.3. The normalized spacial score (nSPS) is 10.2. The minimum Gasteiger partial charge on any atom is -0.493 e. The van der Waals surface area contributed by atoms with Crippen molar-refractivity contribution in [3.8, 4) is 28.8 Å². The van der Waals surface area contributed by atoms with Crippen LogP contribution in [0.4, 0.5) is 11.5 Å². The Bertz CT molecular complexity index is 1210. The number of benzene rings is 2. The van der Waals surface area contributed by atoms with E-state index in [0.717, 1.165) is 0 Å². The second kappa shape index (κ2) is 10.2. The number of hydrogen-bond donors (Lipinski definition) is 1. The predicted octanol–water partition coefficient (Wildman–Crippen LogP) is 4.94. The number of nitrogens with zero attached hydrogens (tertiary/aromatic N) is 3. The fourth-order valence-electron chi connectivity index (χ4n) is 2.91. The first-order valence-corrected chi connectivity index (χ1v) is 10.8. The SMILES string of the molecule is COC(=O)c1ccc(Cl)c(Nc2nc(SC)nc(-c3ccc(OC)c(OC)c3)c2C#N)c1. The summed E-state index contributed by atoms with van der Waals surface area (Å²) in [5.74, 6) is 0.796. The number of halogens is 1. The number of nitrogens with one attached hydrogen (secondary N) is 1. The van der Waals surface area contributed by atoms with Crippen LogP contribution >= 0.6 is 23.4 Å². The van der Waals surface area contributed by atoms with Crippen molar-refractivity contribution in [1.29, 1.82) is 5.26 Å². The minimum atomic E-state index is -0.510. The highest BCUT2D eigenvalue weighted by molar-refractivity contribution is 7.98. The molecule has 32 heavy (non-hydrogen) atoms. The fourth-order valence-corrected chi connectivity index (χ4v) is 3.44. The number of nitriles is 1. The van der Waals surface area contributed by atoms with Crippen LogP contribution < -0.4 is 14.8 Å². The summed E-state index contributed by atoms with van der Waals surface area (Å²) in [6.45, 7) is 0. The molecule has 0 bridgehead atoms. The van der Waals surface area contributed by atoms with Crippen molar-refractivity contribution in [2.24, 2.45) is 0 Å². The zero-order valence-electron chi connectivity index (χ0n) is 17.7. The summed E-state index contributed by atoms with van der Waals surface area (Å²) < 4.78 is 15.4. The summed E-state index contributed by atoms with van der Waals surface area (Å²) in [6.07, 6.45) is 1.83. The van der Waals surface area contributed by atoms with Gasteiger partial charge in [-0.25, -0.2) is 14.8 Å². The van der Waals surface area contributed by atoms with Gasteiger partial charge in [-0.15, -0.1) is 0 Å². The van der Waals surface area contributed by atoms with Gasteiger partial charge in [0.15, 0.2) is 22.5 Å². The molecule has 0 atom stereocenters. The molecule has 10 heteroatoms. The van der Waals surface area contributed by atoms with Gasteiger partial charge in [0.05, 0.1) is 43.3 Å². The Morgan fingerprint density at radius 1 is 1.09 bits per heavy atom. The first-order valence-electron chi connectivity index (χ1n) is 9.19. The maximum absolute atomic E-state index is 11.9. The standard InChI is InChI=1S/C22H19ClN4O4S/c1-29-17-8-6-12(10-18(17)30-2)19-14(11-24)20(27-22(26-19)32-4)25-16-9-13(21(28)31-3)5-7-15(16)23/h5-10H,1-4H3,(H,25,26,27). The van der Waals surface area contributed by atoms with Gasteiger partial charge in [-0.2, -0.15) is 5.26 Å². The monoisotopic (exact) mass is 470 g/mol. The fraction of sp³-hybridized carbons (Fsp3) is 0.182. The Hall–Kier alpha value is -3.48. The number of carbonyl (C=O) groups excluding carboxylic acids is 1. The molecule has 164 valence electrons. The quantitative estimate of drug-likeness (QED) is 0.292. The van der Waals surface area contributed by atoms with Gasteiger partial charge in [-0.1, -0.05) is 23.4 Å². The molecule has 3 rings (SSSR count). The van der Waals surface area contributed by atoms with Gasteiger partial charge < -0.3 is 19.5 Å². The summed E-state index contributed by atoms with van der Waals surface area (Å²) in [4.78, 5) is 20.9. The number of esters is 1. The van der Waals surface area contributed by atoms with Gasteiger partial charge in [0.1, 0.15) is 11.6 Å². The Balaban J connectivity index is 2.15. The largest absolute Gasteiger partial charge is 0.493 e. The predicted molar refractivity (Wildman–Crippen MR) is 123 cm³/mol. The molecule has 1 N–H and O–H groups in total. The van der Waals surface area contributed by atoms with Crippen LogP contribution in [0.2, 0.25) is 5.02 Å². The van der Waals surface area contributed by atoms with Gasteiger partial charge >= 0.3 is 5.97 Å². The maximum atomic E-state index is 11.9. The lowest BCUT2D eigenvalue weighted by molar-refractivity contribution is 0.0601. The zero-order chi connectivity index (χ0) is 23.3. The number of ether oxygens (including phenoxy) is 3. The lowest BCUT2D eigenvalue weighted by atomic mass is 10.1. The number of rotatable bonds is 7. The van der Waals surface area contributed by atoms with Crippen LogP contribution in [0, 0.1) is 11.3 Å². The van der Waals surface area contributed by atoms with Crippen molar-refractivity contribution >= 4 is 40.8 Å². The highest BCUT2D eigenvalue weighted by atomic mass is 35.5. The lowest BCUT2D eigenvalue weighted by Crippen LogP contribution is -2.06. The number of carbonyl (C=O) groups is 1. The molecule has 0 saturated heterocycles. The first-order chi connectivity index (χ1) is 15.4. The molecule has 0 unspecified atom stereocenters. The molecule has 0 saturated carbocycles. The van der Waals surface area contributed by atoms with E-state index >= 15 is 0 Å². The van der Waals surface area contributed by atoms with Gasteiger partial charge in [-0.05, 0) is 42.7 Å². The number of aromatic nitrogens is 2. The Labute approximate surface area is 194 Å². The lowest BCUT2D eigenvalue weighted by Gasteiger charge is -2.15. The smallest absolute Gasteiger partial charge is 0.337 e. The van der Waals surface area contributed by atoms with Crippen LogP contribution in [0.5, 0.6) is 11.5 Å². The molecule has 2 aromatic carbocycles. The molecular weight excluding hydrogens is 452 g/mol. The van der Waals surface area contributed by atoms with Crippen molar-refractivity contribution in [3.63, 3.8) is 0 Å². The molecule has 1 heterocycles. The van der Waals surface area contributed by atoms with Crippen LogP contribution in [0.1, 0.15) is 15.9 Å². The van der Waals surface area contributed by atoms with Crippen LogP contribution in [-0.4, -0.2) is 43.5 Å². The van der Waals surface area contributed by atoms with Crippen LogP contribution in [0.25, 0.3) is 11.3 Å². The number of methoxy groups -OCH3 is 3. The van der Waals surface area contributed by atoms with E-state index in [4.69, 9.17) is 25.8 Å². The average molecular weight is 471 g/mol. The minimum absolute atomic E-state index is 0.203. The Morgan fingerprint density at radius 3 is 2.47 bits per heavy atom. The third-order valence-electron chi connectivity index (χ3n) is 4.48. The van der Waals surface area contributed by atoms with E-state index < -0.39 is 5.97 Å². The molecule has 0 amide bonds. The molecule has 8 nitrogen and oxygen atoms in total. The molecule has 0 aliphatic heterocycles. The van der Waals surface area contributed by atoms with E-state index in [2.05, 4.69) is 21.4 Å². The van der Waals surface area contributed by atoms with Gasteiger partial charge in [0.25, 0.3) is 0 Å². The summed E-state index contributed by atoms with van der Waals surface area (Å²) in [7, 11) is 4.37. The highest BCUT2D eigenvalue weighted by Gasteiger charge is 2.19. The van der Waals surface area contributed by atoms with Crippen molar-refractivity contribution < 1.29 is 19.0 Å². The van der Waals surface area contributed by atoms with Gasteiger partial charge in [-0.3, -0.25) is 0 Å². The summed E-state index contributed by atoms with van der Waals surface area (Å²) in [5.41, 5.74) is 1.96. The molecule has 0 radical (unpaired) electrons. The molecule has 0 aliphatic carbocycles. The first kappa shape index (κ1) is 23.2. The topological polar surface area (TPSA) is 106 Å². The third kappa shape index (κ3) is 4.72. The molecule has 0 spiro atoms. The summed E-state index contributed by atoms with van der Waals surface area (Å²) in [6, 6.07) is 12.1. The molecular formula is C22H19ClN4O4S.